The van der Waals surface area contributed by atoms with Gasteiger partial charge in [-0.2, -0.15) is 0 Å². The molecule has 0 aromatic carbocycles. The van der Waals surface area contributed by atoms with Crippen molar-refractivity contribution in [3.8, 4) is 0 Å². The number of rotatable bonds is 3. The summed E-state index contributed by atoms with van der Waals surface area (Å²) in [5.41, 5.74) is 5.81. The van der Waals surface area contributed by atoms with E-state index in [2.05, 4.69) is 0 Å². The number of likely N-dealkylation sites (N-methyl/N-ethyl adjacent to an activating group) is 2. The van der Waals surface area contributed by atoms with Crippen LogP contribution in [-0.2, 0) is 9.59 Å². The molecular weight excluding hydrogens is 218 g/mol. The molecule has 0 spiro atoms. The summed E-state index contributed by atoms with van der Waals surface area (Å²) < 4.78 is 0. The van der Waals surface area contributed by atoms with Crippen molar-refractivity contribution >= 4 is 11.8 Å². The minimum Gasteiger partial charge on any atom is -0.347 e. The fourth-order valence-corrected chi connectivity index (χ4v) is 2.10. The van der Waals surface area contributed by atoms with E-state index in [1.807, 2.05) is 0 Å². The molecule has 0 bridgehead atoms. The monoisotopic (exact) mass is 241 g/mol. The van der Waals surface area contributed by atoms with Gasteiger partial charge in [-0.15, -0.1) is 0 Å². The Kier molecular flexibility index (Phi) is 4.93. The van der Waals surface area contributed by atoms with Crippen molar-refractivity contribution in [2.75, 3.05) is 27.7 Å². The Labute approximate surface area is 103 Å². The van der Waals surface area contributed by atoms with Crippen molar-refractivity contribution in [1.29, 1.82) is 0 Å². The highest BCUT2D eigenvalue weighted by Gasteiger charge is 2.27. The number of nitrogens with two attached hydrogens (primary N) is 1. The molecule has 98 valence electrons. The minimum absolute atomic E-state index is 0.0478. The highest BCUT2D eigenvalue weighted by Crippen LogP contribution is 2.24. The van der Waals surface area contributed by atoms with Crippen LogP contribution in [0.5, 0.6) is 0 Å². The van der Waals surface area contributed by atoms with Gasteiger partial charge in [-0.1, -0.05) is 0 Å². The van der Waals surface area contributed by atoms with Crippen LogP contribution in [0.1, 0.15) is 25.7 Å². The first kappa shape index (κ1) is 14.0. The summed E-state index contributed by atoms with van der Waals surface area (Å²) in [7, 11) is 5.08. The molecule has 2 amide bonds. The van der Waals surface area contributed by atoms with Gasteiger partial charge in [-0.3, -0.25) is 9.59 Å². The SMILES string of the molecule is CN(C)C(=O)CN(C)C(=O)C1CCC(N)CC1. The molecule has 1 aliphatic carbocycles. The largest absolute Gasteiger partial charge is 0.347 e. The smallest absolute Gasteiger partial charge is 0.241 e. The number of amides is 2. The molecule has 5 nitrogen and oxygen atoms in total. The zero-order valence-electron chi connectivity index (χ0n) is 11.0. The first-order chi connectivity index (χ1) is 7.91. The molecule has 0 aromatic heterocycles. The summed E-state index contributed by atoms with van der Waals surface area (Å²) in [4.78, 5) is 26.6. The van der Waals surface area contributed by atoms with E-state index in [9.17, 15) is 9.59 Å². The van der Waals surface area contributed by atoms with E-state index < -0.39 is 0 Å². The van der Waals surface area contributed by atoms with E-state index in [0.717, 1.165) is 25.7 Å². The summed E-state index contributed by atoms with van der Waals surface area (Å²) in [5.74, 6) is 0.0789. The van der Waals surface area contributed by atoms with Gasteiger partial charge in [0.05, 0.1) is 6.54 Å². The number of carbonyl (C=O) groups is 2. The lowest BCUT2D eigenvalue weighted by Gasteiger charge is -2.29. The number of carbonyl (C=O) groups excluding carboxylic acids is 2. The molecule has 1 rings (SSSR count). The Morgan fingerprint density at radius 3 is 2.12 bits per heavy atom. The number of hydrogen-bond acceptors (Lipinski definition) is 3. The van der Waals surface area contributed by atoms with Crippen molar-refractivity contribution in [2.45, 2.75) is 31.7 Å². The second-order valence-corrected chi connectivity index (χ2v) is 5.09. The topological polar surface area (TPSA) is 66.6 Å². The van der Waals surface area contributed by atoms with Crippen LogP contribution in [0.25, 0.3) is 0 Å². The second kappa shape index (κ2) is 6.00. The molecule has 17 heavy (non-hydrogen) atoms. The molecule has 1 aliphatic rings. The van der Waals surface area contributed by atoms with Gasteiger partial charge in [0.1, 0.15) is 0 Å². The van der Waals surface area contributed by atoms with Crippen LogP contribution in [-0.4, -0.2) is 55.3 Å². The fourth-order valence-electron chi connectivity index (χ4n) is 2.10. The zero-order valence-corrected chi connectivity index (χ0v) is 11.0. The Morgan fingerprint density at radius 2 is 1.65 bits per heavy atom. The van der Waals surface area contributed by atoms with Crippen LogP contribution < -0.4 is 5.73 Å². The maximum atomic E-state index is 12.1. The fraction of sp³-hybridized carbons (Fsp3) is 0.833. The number of hydrogen-bond donors (Lipinski definition) is 1. The molecule has 0 heterocycles. The Morgan fingerprint density at radius 1 is 1.12 bits per heavy atom. The zero-order chi connectivity index (χ0) is 13.0. The Balaban J connectivity index is 2.44. The first-order valence-corrected chi connectivity index (χ1v) is 6.12. The third-order valence-electron chi connectivity index (χ3n) is 3.37. The van der Waals surface area contributed by atoms with Crippen molar-refractivity contribution in [1.82, 2.24) is 9.80 Å². The Hall–Kier alpha value is -1.10. The van der Waals surface area contributed by atoms with E-state index >= 15 is 0 Å². The van der Waals surface area contributed by atoms with Crippen LogP contribution in [0.3, 0.4) is 0 Å². The third-order valence-corrected chi connectivity index (χ3v) is 3.37. The average molecular weight is 241 g/mol. The lowest BCUT2D eigenvalue weighted by molar-refractivity contribution is -0.141. The van der Waals surface area contributed by atoms with E-state index in [1.165, 1.54) is 9.80 Å². The molecule has 0 radical (unpaired) electrons. The maximum Gasteiger partial charge on any atom is 0.241 e. The molecule has 0 aliphatic heterocycles. The van der Waals surface area contributed by atoms with Crippen LogP contribution in [0, 0.1) is 5.92 Å². The number of nitrogens with zero attached hydrogens (tertiary/aromatic N) is 2. The lowest BCUT2D eigenvalue weighted by Crippen LogP contribution is -2.42. The molecule has 1 fully saturated rings. The van der Waals surface area contributed by atoms with Crippen molar-refractivity contribution < 1.29 is 9.59 Å². The molecule has 2 N–H and O–H groups in total. The molecule has 0 aromatic rings. The highest BCUT2D eigenvalue weighted by molar-refractivity contribution is 5.85. The van der Waals surface area contributed by atoms with Gasteiger partial charge in [0.2, 0.25) is 11.8 Å². The lowest BCUT2D eigenvalue weighted by atomic mass is 9.85. The molecular formula is C12H23N3O2. The summed E-state index contributed by atoms with van der Waals surface area (Å²) in [6.45, 7) is 0.161. The van der Waals surface area contributed by atoms with Crippen molar-refractivity contribution in [2.24, 2.45) is 11.7 Å². The van der Waals surface area contributed by atoms with Gasteiger partial charge >= 0.3 is 0 Å². The Bertz CT molecular complexity index is 283. The molecule has 0 saturated heterocycles. The standard InChI is InChI=1S/C12H23N3O2/c1-14(2)11(16)8-15(3)12(17)9-4-6-10(13)7-5-9/h9-10H,4-8,13H2,1-3H3. The van der Waals surface area contributed by atoms with Gasteiger partial charge in [-0.25, -0.2) is 0 Å². The van der Waals surface area contributed by atoms with E-state index in [1.54, 1.807) is 21.1 Å². The summed E-state index contributed by atoms with van der Waals surface area (Å²) in [5, 5.41) is 0. The van der Waals surface area contributed by atoms with Crippen LogP contribution in [0.2, 0.25) is 0 Å². The molecule has 1 saturated carbocycles. The van der Waals surface area contributed by atoms with E-state index in [0.29, 0.717) is 0 Å². The summed E-state index contributed by atoms with van der Waals surface area (Å²) in [6.07, 6.45) is 3.51. The highest BCUT2D eigenvalue weighted by atomic mass is 16.2. The van der Waals surface area contributed by atoms with Gasteiger partial charge < -0.3 is 15.5 Å². The normalized spacial score (nSPS) is 24.2. The predicted molar refractivity (Wildman–Crippen MR) is 66.3 cm³/mol. The van der Waals surface area contributed by atoms with E-state index in [4.69, 9.17) is 5.73 Å². The molecule has 5 heteroatoms. The molecule has 0 unspecified atom stereocenters. The van der Waals surface area contributed by atoms with Crippen molar-refractivity contribution in [3.63, 3.8) is 0 Å². The predicted octanol–water partition coefficient (Wildman–Crippen LogP) is 0.0505. The average Bonchev–Trinajstić information content (AvgIpc) is 2.28. The third kappa shape index (κ3) is 4.00. The second-order valence-electron chi connectivity index (χ2n) is 5.09. The van der Waals surface area contributed by atoms with Crippen LogP contribution in [0.15, 0.2) is 0 Å². The quantitative estimate of drug-likeness (QED) is 0.759. The van der Waals surface area contributed by atoms with Crippen LogP contribution in [0.4, 0.5) is 0 Å². The van der Waals surface area contributed by atoms with E-state index in [-0.39, 0.29) is 30.3 Å². The molecule has 0 atom stereocenters. The minimum atomic E-state index is -0.0478. The van der Waals surface area contributed by atoms with Gasteiger partial charge in [0.15, 0.2) is 0 Å². The van der Waals surface area contributed by atoms with Gasteiger partial charge in [0, 0.05) is 33.1 Å². The first-order valence-electron chi connectivity index (χ1n) is 6.12. The summed E-state index contributed by atoms with van der Waals surface area (Å²) in [6, 6.07) is 0.243. The van der Waals surface area contributed by atoms with Gasteiger partial charge in [-0.05, 0) is 25.7 Å². The van der Waals surface area contributed by atoms with Crippen LogP contribution >= 0.6 is 0 Å². The summed E-state index contributed by atoms with van der Waals surface area (Å²) >= 11 is 0. The van der Waals surface area contributed by atoms with Gasteiger partial charge in [0.25, 0.3) is 0 Å². The van der Waals surface area contributed by atoms with Crippen molar-refractivity contribution in [3.05, 3.63) is 0 Å². The maximum absolute atomic E-state index is 12.1.